The van der Waals surface area contributed by atoms with Gasteiger partial charge in [-0.2, -0.15) is 0 Å². The number of fused-ring (bicyclic) bond motifs is 2. The molecular weight excluding hydrogens is 200 g/mol. The molecule has 3 aromatic rings. The van der Waals surface area contributed by atoms with Crippen molar-refractivity contribution in [2.24, 2.45) is 0 Å². The van der Waals surface area contributed by atoms with Gasteiger partial charge in [0.2, 0.25) is 0 Å². The summed E-state index contributed by atoms with van der Waals surface area (Å²) in [5, 5.41) is 1.49. The summed E-state index contributed by atoms with van der Waals surface area (Å²) in [6.07, 6.45) is 0. The van der Waals surface area contributed by atoms with E-state index < -0.39 is 0 Å². The van der Waals surface area contributed by atoms with E-state index in [0.717, 1.165) is 21.8 Å². The molecule has 0 aliphatic carbocycles. The van der Waals surface area contributed by atoms with Crippen LogP contribution < -0.4 is 11.6 Å². The fraction of sp³-hybridized carbons (Fsp3) is 0. The van der Waals surface area contributed by atoms with Crippen molar-refractivity contribution in [2.75, 3.05) is 0 Å². The molecule has 0 amide bonds. The van der Waals surface area contributed by atoms with Crippen LogP contribution >= 0.6 is 0 Å². The lowest BCUT2D eigenvalue weighted by Crippen LogP contribution is -2.03. The largest absolute Gasteiger partial charge is 0.354 e. The first-order chi connectivity index (χ1) is 7.36. The molecule has 0 radical (unpaired) electrons. The van der Waals surface area contributed by atoms with Gasteiger partial charge in [0.15, 0.2) is 5.43 Å². The molecule has 0 bridgehead atoms. The molecule has 0 fully saturated rings. The number of rotatable bonds is 0. The molecule has 0 unspecified atom stereocenters. The molecule has 80 valence electrons. The highest BCUT2D eigenvalue weighted by Crippen LogP contribution is 2.13. The topological polar surface area (TPSA) is 67.9 Å². The van der Waals surface area contributed by atoms with Gasteiger partial charge in [0.25, 0.3) is 0 Å². The number of nitrogens with one attached hydrogen (secondary N) is 1. The van der Waals surface area contributed by atoms with Gasteiger partial charge in [-0.25, -0.2) is 0 Å². The summed E-state index contributed by atoms with van der Waals surface area (Å²) in [5.74, 6) is 0. The monoisotopic (exact) mass is 212 g/mol. The van der Waals surface area contributed by atoms with Crippen LogP contribution in [0.5, 0.6) is 0 Å². The summed E-state index contributed by atoms with van der Waals surface area (Å²) in [7, 11) is 0. The molecule has 0 aliphatic rings. The molecule has 16 heavy (non-hydrogen) atoms. The fourth-order valence-electron chi connectivity index (χ4n) is 1.87. The molecule has 4 N–H and O–H groups in total. The maximum Gasteiger partial charge on any atom is 0.197 e. The van der Waals surface area contributed by atoms with E-state index in [1.165, 1.54) is 0 Å². The van der Waals surface area contributed by atoms with E-state index in [9.17, 15) is 4.79 Å². The third-order valence-corrected chi connectivity index (χ3v) is 2.61. The van der Waals surface area contributed by atoms with Gasteiger partial charge in [0.1, 0.15) is 0 Å². The Morgan fingerprint density at radius 1 is 0.750 bits per heavy atom. The number of aromatic nitrogens is 1. The Labute approximate surface area is 92.3 Å². The Morgan fingerprint density at radius 2 is 1.19 bits per heavy atom. The predicted molar refractivity (Wildman–Crippen MR) is 67.1 cm³/mol. The second-order valence-electron chi connectivity index (χ2n) is 3.55. The molecule has 0 aliphatic heterocycles. The van der Waals surface area contributed by atoms with Gasteiger partial charge in [-0.1, -0.05) is 24.3 Å². The van der Waals surface area contributed by atoms with Crippen LogP contribution in [0.25, 0.3) is 21.8 Å². The number of pyridine rings is 1. The van der Waals surface area contributed by atoms with E-state index in [1.54, 1.807) is 0 Å². The van der Waals surface area contributed by atoms with Gasteiger partial charge in [-0.3, -0.25) is 4.79 Å². The molecule has 3 nitrogen and oxygen atoms in total. The first-order valence-corrected chi connectivity index (χ1v) is 4.86. The third kappa shape index (κ3) is 1.38. The van der Waals surface area contributed by atoms with Crippen molar-refractivity contribution < 1.29 is 0 Å². The standard InChI is InChI=1S/C13H9NO.H3N/c15-13-9-5-1-3-7-11(9)14-12-8-4-2-6-10(12)13;/h1-8H,(H,14,15);1H3. The first kappa shape index (κ1) is 10.4. The second-order valence-corrected chi connectivity index (χ2v) is 3.55. The van der Waals surface area contributed by atoms with Crippen molar-refractivity contribution in [3.63, 3.8) is 0 Å². The van der Waals surface area contributed by atoms with Crippen molar-refractivity contribution in [1.82, 2.24) is 11.1 Å². The SMILES string of the molecule is N.O=c1c2ccccc2[nH]c2ccccc12. The van der Waals surface area contributed by atoms with Gasteiger partial charge >= 0.3 is 0 Å². The van der Waals surface area contributed by atoms with Crippen molar-refractivity contribution >= 4 is 21.8 Å². The molecule has 1 aromatic heterocycles. The van der Waals surface area contributed by atoms with Gasteiger partial charge < -0.3 is 11.1 Å². The Balaban J connectivity index is 0.000000963. The molecule has 0 saturated heterocycles. The maximum absolute atomic E-state index is 12.1. The van der Waals surface area contributed by atoms with Crippen molar-refractivity contribution in [3.05, 3.63) is 58.8 Å². The molecule has 3 heteroatoms. The maximum atomic E-state index is 12.1. The summed E-state index contributed by atoms with van der Waals surface area (Å²) in [6, 6.07) is 15.1. The van der Waals surface area contributed by atoms with Gasteiger partial charge in [-0.15, -0.1) is 0 Å². The van der Waals surface area contributed by atoms with E-state index >= 15 is 0 Å². The Bertz CT molecular complexity index is 644. The molecular formula is C13H12N2O. The minimum Gasteiger partial charge on any atom is -0.354 e. The highest BCUT2D eigenvalue weighted by atomic mass is 16.1. The van der Waals surface area contributed by atoms with Crippen LogP contribution in [0.1, 0.15) is 0 Å². The number of H-pyrrole nitrogens is 1. The number of para-hydroxylation sites is 2. The zero-order valence-corrected chi connectivity index (χ0v) is 8.73. The van der Waals surface area contributed by atoms with E-state index in [0.29, 0.717) is 0 Å². The summed E-state index contributed by atoms with van der Waals surface area (Å²) in [4.78, 5) is 15.3. The summed E-state index contributed by atoms with van der Waals surface area (Å²) >= 11 is 0. The first-order valence-electron chi connectivity index (χ1n) is 4.86. The van der Waals surface area contributed by atoms with Crippen LogP contribution in [0.2, 0.25) is 0 Å². The normalized spacial score (nSPS) is 10.2. The van der Waals surface area contributed by atoms with Crippen LogP contribution in [0.15, 0.2) is 53.3 Å². The molecule has 2 aromatic carbocycles. The average molecular weight is 212 g/mol. The van der Waals surface area contributed by atoms with Gasteiger partial charge in [-0.05, 0) is 24.3 Å². The number of hydrogen-bond acceptors (Lipinski definition) is 2. The van der Waals surface area contributed by atoms with Crippen molar-refractivity contribution in [3.8, 4) is 0 Å². The smallest absolute Gasteiger partial charge is 0.197 e. The lowest BCUT2D eigenvalue weighted by molar-refractivity contribution is 1.48. The quantitative estimate of drug-likeness (QED) is 0.562. The zero-order valence-electron chi connectivity index (χ0n) is 8.73. The van der Waals surface area contributed by atoms with E-state index in [1.807, 2.05) is 48.5 Å². The zero-order chi connectivity index (χ0) is 10.3. The van der Waals surface area contributed by atoms with E-state index in [2.05, 4.69) is 4.98 Å². The molecule has 0 atom stereocenters. The molecule has 1 heterocycles. The lowest BCUT2D eigenvalue weighted by Gasteiger charge is -2.01. The Hall–Kier alpha value is -2.13. The van der Waals surface area contributed by atoms with Crippen LogP contribution in [0.4, 0.5) is 0 Å². The van der Waals surface area contributed by atoms with E-state index in [4.69, 9.17) is 0 Å². The second kappa shape index (κ2) is 3.79. The highest BCUT2D eigenvalue weighted by Gasteiger charge is 2.02. The molecule has 3 rings (SSSR count). The average Bonchev–Trinajstić information content (AvgIpc) is 2.30. The molecule has 0 spiro atoms. The molecule has 0 saturated carbocycles. The number of hydrogen-bond donors (Lipinski definition) is 2. The van der Waals surface area contributed by atoms with E-state index in [-0.39, 0.29) is 11.6 Å². The minimum atomic E-state index is 0. The van der Waals surface area contributed by atoms with Gasteiger partial charge in [0.05, 0.1) is 0 Å². The fourth-order valence-corrected chi connectivity index (χ4v) is 1.87. The van der Waals surface area contributed by atoms with Gasteiger partial charge in [0, 0.05) is 21.8 Å². The highest BCUT2D eigenvalue weighted by molar-refractivity contribution is 5.92. The van der Waals surface area contributed by atoms with Crippen molar-refractivity contribution in [1.29, 1.82) is 0 Å². The van der Waals surface area contributed by atoms with Crippen LogP contribution in [0, 0.1) is 0 Å². The van der Waals surface area contributed by atoms with Crippen LogP contribution in [-0.4, -0.2) is 4.98 Å². The summed E-state index contributed by atoms with van der Waals surface area (Å²) < 4.78 is 0. The Kier molecular flexibility index (Phi) is 2.46. The lowest BCUT2D eigenvalue weighted by atomic mass is 10.1. The Morgan fingerprint density at radius 3 is 1.69 bits per heavy atom. The number of aromatic amines is 1. The minimum absolute atomic E-state index is 0. The summed E-state index contributed by atoms with van der Waals surface area (Å²) in [6.45, 7) is 0. The number of benzene rings is 2. The predicted octanol–water partition coefficient (Wildman–Crippen LogP) is 2.84. The summed E-state index contributed by atoms with van der Waals surface area (Å²) in [5.41, 5.74) is 1.88. The van der Waals surface area contributed by atoms with Crippen LogP contribution in [-0.2, 0) is 0 Å². The third-order valence-electron chi connectivity index (χ3n) is 2.61. The van der Waals surface area contributed by atoms with Crippen molar-refractivity contribution in [2.45, 2.75) is 0 Å². The van der Waals surface area contributed by atoms with Crippen LogP contribution in [0.3, 0.4) is 0 Å².